The highest BCUT2D eigenvalue weighted by atomic mass is 15.0. The molecule has 0 unspecified atom stereocenters. The Labute approximate surface area is 283 Å². The normalized spacial score (nSPS) is 12.4. The van der Waals surface area contributed by atoms with E-state index in [0.717, 1.165) is 6.42 Å². The molecule has 0 spiro atoms. The van der Waals surface area contributed by atoms with Crippen molar-refractivity contribution in [2.75, 3.05) is 0 Å². The zero-order valence-electron chi connectivity index (χ0n) is 26.8. The Balaban J connectivity index is 1.25. The Bertz CT molecular complexity index is 2960. The van der Waals surface area contributed by atoms with E-state index in [1.807, 2.05) is 0 Å². The van der Waals surface area contributed by atoms with Crippen molar-refractivity contribution in [3.63, 3.8) is 0 Å². The molecule has 2 nitrogen and oxygen atoms in total. The van der Waals surface area contributed by atoms with Gasteiger partial charge in [0.2, 0.25) is 0 Å². The van der Waals surface area contributed by atoms with Gasteiger partial charge in [0.25, 0.3) is 0 Å². The summed E-state index contributed by atoms with van der Waals surface area (Å²) in [6, 6.07) is 62.6. The zero-order chi connectivity index (χ0) is 32.1. The second-order valence-corrected chi connectivity index (χ2v) is 13.3. The van der Waals surface area contributed by atoms with Crippen molar-refractivity contribution in [2.45, 2.75) is 6.42 Å². The molecule has 0 saturated heterocycles. The highest BCUT2D eigenvalue weighted by Gasteiger charge is 2.25. The first-order valence-corrected chi connectivity index (χ1v) is 17.1. The van der Waals surface area contributed by atoms with Gasteiger partial charge in [0.1, 0.15) is 0 Å². The first kappa shape index (κ1) is 26.7. The van der Waals surface area contributed by atoms with E-state index >= 15 is 0 Å². The van der Waals surface area contributed by atoms with Crippen molar-refractivity contribution in [1.29, 1.82) is 0 Å². The summed E-state index contributed by atoms with van der Waals surface area (Å²) in [5.41, 5.74) is 15.3. The summed E-state index contributed by atoms with van der Waals surface area (Å²) in [5, 5.41) is 7.64. The zero-order valence-corrected chi connectivity index (χ0v) is 26.8. The van der Waals surface area contributed by atoms with Crippen LogP contribution in [0, 0.1) is 0 Å². The molecule has 1 aliphatic carbocycles. The Morgan fingerprint density at radius 2 is 0.959 bits per heavy atom. The number of fused-ring (bicyclic) bond motifs is 11. The van der Waals surface area contributed by atoms with Crippen molar-refractivity contribution < 1.29 is 0 Å². The highest BCUT2D eigenvalue weighted by Crippen LogP contribution is 2.46. The second kappa shape index (κ2) is 10.1. The number of nitrogens with zero attached hydrogens (tertiary/aromatic N) is 2. The number of para-hydroxylation sites is 2. The van der Waals surface area contributed by atoms with Crippen LogP contribution in [-0.2, 0) is 6.42 Å². The molecular weight excluding hydrogens is 593 g/mol. The molecule has 8 aromatic carbocycles. The average Bonchev–Trinajstić information content (AvgIpc) is 3.82. The molecule has 0 bridgehead atoms. The molecule has 0 saturated carbocycles. The van der Waals surface area contributed by atoms with Crippen LogP contribution in [0.3, 0.4) is 0 Å². The molecule has 1 aliphatic rings. The number of rotatable bonds is 3. The predicted molar refractivity (Wildman–Crippen MR) is 206 cm³/mol. The van der Waals surface area contributed by atoms with Gasteiger partial charge in [-0.2, -0.15) is 0 Å². The third-order valence-corrected chi connectivity index (χ3v) is 10.7. The molecule has 2 aromatic heterocycles. The minimum atomic E-state index is 0.956. The van der Waals surface area contributed by atoms with E-state index in [4.69, 9.17) is 0 Å². The van der Waals surface area contributed by atoms with Crippen LogP contribution in [0.15, 0.2) is 170 Å². The van der Waals surface area contributed by atoms with Crippen LogP contribution in [0.1, 0.15) is 11.1 Å². The average molecular weight is 623 g/mol. The number of hydrogen-bond acceptors (Lipinski definition) is 0. The van der Waals surface area contributed by atoms with Gasteiger partial charge in [0.05, 0.1) is 22.1 Å². The third kappa shape index (κ3) is 3.77. The molecule has 0 fully saturated rings. The number of hydrogen-bond donors (Lipinski definition) is 0. The second-order valence-electron chi connectivity index (χ2n) is 13.3. The summed E-state index contributed by atoms with van der Waals surface area (Å²) in [6.07, 6.45) is 0.956. The lowest BCUT2D eigenvalue weighted by Gasteiger charge is -2.15. The first-order chi connectivity index (χ1) is 24.3. The van der Waals surface area contributed by atoms with Crippen LogP contribution >= 0.6 is 0 Å². The van der Waals surface area contributed by atoms with Crippen LogP contribution in [0.2, 0.25) is 0 Å². The minimum Gasteiger partial charge on any atom is -0.309 e. The van der Waals surface area contributed by atoms with Crippen molar-refractivity contribution in [3.8, 4) is 33.6 Å². The molecule has 0 amide bonds. The van der Waals surface area contributed by atoms with E-state index < -0.39 is 0 Å². The predicted octanol–water partition coefficient (Wildman–Crippen LogP) is 12.3. The number of aromatic nitrogens is 2. The van der Waals surface area contributed by atoms with Gasteiger partial charge in [-0.25, -0.2) is 0 Å². The Morgan fingerprint density at radius 3 is 1.71 bits per heavy atom. The summed E-state index contributed by atoms with van der Waals surface area (Å²) < 4.78 is 4.95. The quantitative estimate of drug-likeness (QED) is 0.186. The Morgan fingerprint density at radius 1 is 0.367 bits per heavy atom. The topological polar surface area (TPSA) is 9.86 Å². The lowest BCUT2D eigenvalue weighted by Crippen LogP contribution is -1.98. The Hall–Kier alpha value is -6.38. The van der Waals surface area contributed by atoms with E-state index in [1.165, 1.54) is 99.1 Å². The van der Waals surface area contributed by atoms with Gasteiger partial charge in [0, 0.05) is 32.9 Å². The fraction of sp³-hybridized carbons (Fsp3) is 0.0213. The molecule has 49 heavy (non-hydrogen) atoms. The van der Waals surface area contributed by atoms with Crippen LogP contribution in [0.25, 0.3) is 88.0 Å². The smallest absolute Gasteiger partial charge is 0.0548 e. The van der Waals surface area contributed by atoms with Crippen LogP contribution < -0.4 is 0 Å². The van der Waals surface area contributed by atoms with E-state index in [0.29, 0.717) is 0 Å². The summed E-state index contributed by atoms with van der Waals surface area (Å²) in [6.45, 7) is 0. The summed E-state index contributed by atoms with van der Waals surface area (Å²) in [7, 11) is 0. The summed E-state index contributed by atoms with van der Waals surface area (Å²) in [4.78, 5) is 0. The SMILES string of the molecule is c1ccc(-c2cc(-n3c4ccccc4c4c5c6ccccc6n(-c6ccc7ccccc7c6)c5ccc43)cc3c2Cc2ccccc2-3)cc1. The molecule has 2 heteroatoms. The maximum atomic E-state index is 2.50. The number of benzene rings is 8. The van der Waals surface area contributed by atoms with Crippen molar-refractivity contribution in [1.82, 2.24) is 9.13 Å². The van der Waals surface area contributed by atoms with Crippen molar-refractivity contribution in [3.05, 3.63) is 181 Å². The van der Waals surface area contributed by atoms with E-state index in [1.54, 1.807) is 0 Å². The molecule has 0 atom stereocenters. The minimum absolute atomic E-state index is 0.956. The van der Waals surface area contributed by atoms with Gasteiger partial charge < -0.3 is 9.13 Å². The van der Waals surface area contributed by atoms with Gasteiger partial charge in [-0.05, 0) is 99.1 Å². The molecule has 0 radical (unpaired) electrons. The Kier molecular flexibility index (Phi) is 5.47. The fourth-order valence-corrected chi connectivity index (χ4v) is 8.61. The monoisotopic (exact) mass is 622 g/mol. The summed E-state index contributed by atoms with van der Waals surface area (Å²) in [5.74, 6) is 0. The van der Waals surface area contributed by atoms with E-state index in [-0.39, 0.29) is 0 Å². The lowest BCUT2D eigenvalue weighted by molar-refractivity contribution is 1.17. The lowest BCUT2D eigenvalue weighted by atomic mass is 9.94. The largest absolute Gasteiger partial charge is 0.309 e. The summed E-state index contributed by atoms with van der Waals surface area (Å²) >= 11 is 0. The van der Waals surface area contributed by atoms with Gasteiger partial charge in [0.15, 0.2) is 0 Å². The van der Waals surface area contributed by atoms with Gasteiger partial charge >= 0.3 is 0 Å². The van der Waals surface area contributed by atoms with Crippen LogP contribution in [-0.4, -0.2) is 9.13 Å². The van der Waals surface area contributed by atoms with Crippen molar-refractivity contribution >= 4 is 54.4 Å². The van der Waals surface area contributed by atoms with Crippen LogP contribution in [0.5, 0.6) is 0 Å². The van der Waals surface area contributed by atoms with Gasteiger partial charge in [-0.1, -0.05) is 121 Å². The molecule has 10 aromatic rings. The standard InChI is InChI=1S/C47H30N2/c1-2-13-31(14-3-1)39-28-35(29-41-36-17-7-6-16-33(36)27-40(39)41)49-43-21-11-9-19-38(43)47-45(49)25-24-44-46(47)37-18-8-10-20-42(37)48(44)34-23-22-30-12-4-5-15-32(30)26-34/h1-26,28-29H,27H2. The van der Waals surface area contributed by atoms with Crippen molar-refractivity contribution in [2.24, 2.45) is 0 Å². The van der Waals surface area contributed by atoms with Crippen LogP contribution in [0.4, 0.5) is 0 Å². The maximum Gasteiger partial charge on any atom is 0.0548 e. The molecular formula is C47H30N2. The maximum absolute atomic E-state index is 2.50. The molecule has 0 N–H and O–H groups in total. The third-order valence-electron chi connectivity index (χ3n) is 10.7. The highest BCUT2D eigenvalue weighted by molar-refractivity contribution is 6.29. The van der Waals surface area contributed by atoms with Gasteiger partial charge in [-0.15, -0.1) is 0 Å². The van der Waals surface area contributed by atoms with E-state index in [2.05, 4.69) is 179 Å². The first-order valence-electron chi connectivity index (χ1n) is 17.1. The molecule has 2 heterocycles. The molecule has 11 rings (SSSR count). The fourth-order valence-electron chi connectivity index (χ4n) is 8.61. The van der Waals surface area contributed by atoms with E-state index in [9.17, 15) is 0 Å². The molecule has 0 aliphatic heterocycles. The van der Waals surface area contributed by atoms with Gasteiger partial charge in [-0.3, -0.25) is 0 Å². The molecule has 228 valence electrons.